The minimum Gasteiger partial charge on any atom is -0.320 e. The van der Waals surface area contributed by atoms with Crippen LogP contribution in [0.3, 0.4) is 0 Å². The van der Waals surface area contributed by atoms with E-state index in [0.29, 0.717) is 0 Å². The molecule has 19 heavy (non-hydrogen) atoms. The maximum absolute atomic E-state index is 13.4. The average molecular weight is 278 g/mol. The second-order valence-corrected chi connectivity index (χ2v) is 4.99. The van der Waals surface area contributed by atoms with Crippen LogP contribution in [0.4, 0.5) is 4.39 Å². The highest BCUT2D eigenvalue weighted by molar-refractivity contribution is 6.30. The van der Waals surface area contributed by atoms with Crippen LogP contribution in [0.5, 0.6) is 0 Å². The average Bonchev–Trinajstić information content (AvgIpc) is 2.41. The molecule has 2 aromatic rings. The largest absolute Gasteiger partial charge is 0.320 e. The Labute approximate surface area is 118 Å². The first-order chi connectivity index (χ1) is 9.20. The van der Waals surface area contributed by atoms with Crippen LogP contribution in [0.1, 0.15) is 23.5 Å². The van der Waals surface area contributed by atoms with E-state index in [0.717, 1.165) is 29.1 Å². The molecule has 0 bridgehead atoms. The van der Waals surface area contributed by atoms with E-state index in [1.807, 2.05) is 37.4 Å². The van der Waals surface area contributed by atoms with E-state index in [1.165, 1.54) is 6.07 Å². The molecule has 0 aromatic heterocycles. The van der Waals surface area contributed by atoms with E-state index in [-0.39, 0.29) is 11.7 Å². The van der Waals surface area contributed by atoms with E-state index < -0.39 is 0 Å². The monoisotopic (exact) mass is 277 g/mol. The van der Waals surface area contributed by atoms with Gasteiger partial charge >= 0.3 is 0 Å². The molecular weight excluding hydrogens is 261 g/mol. The molecule has 0 heterocycles. The molecule has 0 saturated heterocycles. The molecule has 100 valence electrons. The van der Waals surface area contributed by atoms with Gasteiger partial charge in [-0.3, -0.25) is 0 Å². The summed E-state index contributed by atoms with van der Waals surface area (Å²) in [6.45, 7) is 0.879. The van der Waals surface area contributed by atoms with Gasteiger partial charge in [0.2, 0.25) is 0 Å². The summed E-state index contributed by atoms with van der Waals surface area (Å²) in [6, 6.07) is 14.6. The number of nitrogens with one attached hydrogen (secondary N) is 1. The summed E-state index contributed by atoms with van der Waals surface area (Å²) in [5.74, 6) is -0.0127. The van der Waals surface area contributed by atoms with Gasteiger partial charge in [-0.2, -0.15) is 0 Å². The molecule has 0 aliphatic heterocycles. The lowest BCUT2D eigenvalue weighted by Gasteiger charge is -2.18. The van der Waals surface area contributed by atoms with E-state index in [4.69, 9.17) is 11.6 Å². The third kappa shape index (κ3) is 3.79. The molecule has 0 aliphatic rings. The SMILES string of the molecule is CNCCC(c1ccc(Cl)cc1)c1cccc(F)c1. The van der Waals surface area contributed by atoms with Gasteiger partial charge in [0.25, 0.3) is 0 Å². The molecule has 0 saturated carbocycles. The molecule has 1 unspecified atom stereocenters. The second kappa shape index (κ2) is 6.69. The highest BCUT2D eigenvalue weighted by Gasteiger charge is 2.14. The summed E-state index contributed by atoms with van der Waals surface area (Å²) in [5, 5.41) is 3.86. The molecule has 0 radical (unpaired) electrons. The fraction of sp³-hybridized carbons (Fsp3) is 0.250. The Hall–Kier alpha value is -1.38. The predicted molar refractivity (Wildman–Crippen MR) is 78.2 cm³/mol. The van der Waals surface area contributed by atoms with Crippen molar-refractivity contribution in [3.8, 4) is 0 Å². The van der Waals surface area contributed by atoms with Crippen molar-refractivity contribution in [3.05, 3.63) is 70.5 Å². The predicted octanol–water partition coefficient (Wildman–Crippen LogP) is 4.22. The highest BCUT2D eigenvalue weighted by atomic mass is 35.5. The van der Waals surface area contributed by atoms with Crippen LogP contribution >= 0.6 is 11.6 Å². The van der Waals surface area contributed by atoms with Crippen LogP contribution in [0.15, 0.2) is 48.5 Å². The van der Waals surface area contributed by atoms with Gasteiger partial charge in [-0.1, -0.05) is 35.9 Å². The van der Waals surface area contributed by atoms with Gasteiger partial charge in [-0.25, -0.2) is 4.39 Å². The zero-order valence-corrected chi connectivity index (χ0v) is 11.6. The molecule has 2 aromatic carbocycles. The van der Waals surface area contributed by atoms with Gasteiger partial charge in [-0.15, -0.1) is 0 Å². The number of hydrogen-bond acceptors (Lipinski definition) is 1. The van der Waals surface area contributed by atoms with Crippen LogP contribution in [-0.4, -0.2) is 13.6 Å². The fourth-order valence-electron chi connectivity index (χ4n) is 2.23. The summed E-state index contributed by atoms with van der Waals surface area (Å²) < 4.78 is 13.4. The first-order valence-corrected chi connectivity index (χ1v) is 6.74. The quantitative estimate of drug-likeness (QED) is 0.863. The van der Waals surface area contributed by atoms with Crippen molar-refractivity contribution in [3.63, 3.8) is 0 Å². The molecule has 1 nitrogen and oxygen atoms in total. The van der Waals surface area contributed by atoms with Crippen molar-refractivity contribution in [1.82, 2.24) is 5.32 Å². The van der Waals surface area contributed by atoms with Crippen LogP contribution in [-0.2, 0) is 0 Å². The lowest BCUT2D eigenvalue weighted by atomic mass is 9.88. The summed E-state index contributed by atoms with van der Waals surface area (Å²) >= 11 is 5.92. The summed E-state index contributed by atoms with van der Waals surface area (Å²) in [7, 11) is 1.92. The molecule has 2 rings (SSSR count). The lowest BCUT2D eigenvalue weighted by molar-refractivity contribution is 0.616. The zero-order valence-electron chi connectivity index (χ0n) is 10.9. The Balaban J connectivity index is 2.32. The first kappa shape index (κ1) is 14.0. The zero-order chi connectivity index (χ0) is 13.7. The maximum atomic E-state index is 13.4. The summed E-state index contributed by atoms with van der Waals surface area (Å²) in [5.41, 5.74) is 2.16. The number of hydrogen-bond donors (Lipinski definition) is 1. The minimum absolute atomic E-state index is 0.181. The van der Waals surface area contributed by atoms with E-state index in [2.05, 4.69) is 5.32 Å². The third-order valence-corrected chi connectivity index (χ3v) is 3.46. The van der Waals surface area contributed by atoms with Crippen molar-refractivity contribution >= 4 is 11.6 Å². The van der Waals surface area contributed by atoms with Crippen molar-refractivity contribution in [2.45, 2.75) is 12.3 Å². The number of benzene rings is 2. The Kier molecular flexibility index (Phi) is 4.94. The number of halogens is 2. The van der Waals surface area contributed by atoms with Gasteiger partial charge in [-0.05, 0) is 55.4 Å². The van der Waals surface area contributed by atoms with Gasteiger partial charge in [0, 0.05) is 10.9 Å². The second-order valence-electron chi connectivity index (χ2n) is 4.55. The van der Waals surface area contributed by atoms with E-state index in [1.54, 1.807) is 12.1 Å². The van der Waals surface area contributed by atoms with Crippen molar-refractivity contribution in [2.75, 3.05) is 13.6 Å². The Morgan fingerprint density at radius 2 is 1.84 bits per heavy atom. The van der Waals surface area contributed by atoms with Gasteiger partial charge in [0.05, 0.1) is 0 Å². The third-order valence-electron chi connectivity index (χ3n) is 3.21. The molecule has 0 fully saturated rings. The van der Waals surface area contributed by atoms with Gasteiger partial charge < -0.3 is 5.32 Å². The van der Waals surface area contributed by atoms with E-state index in [9.17, 15) is 4.39 Å². The van der Waals surface area contributed by atoms with Gasteiger partial charge in [0.15, 0.2) is 0 Å². The fourth-order valence-corrected chi connectivity index (χ4v) is 2.36. The minimum atomic E-state index is -0.194. The Bertz CT molecular complexity index is 525. The smallest absolute Gasteiger partial charge is 0.123 e. The van der Waals surface area contributed by atoms with Crippen molar-refractivity contribution in [2.24, 2.45) is 0 Å². The first-order valence-electron chi connectivity index (χ1n) is 6.36. The standard InChI is InChI=1S/C16H17ClFN/c1-19-10-9-16(12-5-7-14(17)8-6-12)13-3-2-4-15(18)11-13/h2-8,11,16,19H,9-10H2,1H3. The maximum Gasteiger partial charge on any atom is 0.123 e. The van der Waals surface area contributed by atoms with Crippen LogP contribution in [0, 0.1) is 5.82 Å². The van der Waals surface area contributed by atoms with Crippen LogP contribution in [0.2, 0.25) is 5.02 Å². The Morgan fingerprint density at radius 3 is 2.47 bits per heavy atom. The van der Waals surface area contributed by atoms with Gasteiger partial charge in [0.1, 0.15) is 5.82 Å². The normalized spacial score (nSPS) is 12.4. The molecule has 0 amide bonds. The van der Waals surface area contributed by atoms with Crippen LogP contribution < -0.4 is 5.32 Å². The lowest BCUT2D eigenvalue weighted by Crippen LogP contribution is -2.13. The molecule has 1 N–H and O–H groups in total. The molecular formula is C16H17ClFN. The van der Waals surface area contributed by atoms with Crippen molar-refractivity contribution < 1.29 is 4.39 Å². The topological polar surface area (TPSA) is 12.0 Å². The molecule has 3 heteroatoms. The summed E-state index contributed by atoms with van der Waals surface area (Å²) in [6.07, 6.45) is 0.918. The molecule has 1 atom stereocenters. The van der Waals surface area contributed by atoms with Crippen LogP contribution in [0.25, 0.3) is 0 Å². The van der Waals surface area contributed by atoms with Crippen molar-refractivity contribution in [1.29, 1.82) is 0 Å². The Morgan fingerprint density at radius 1 is 1.11 bits per heavy atom. The van der Waals surface area contributed by atoms with E-state index >= 15 is 0 Å². The molecule has 0 aliphatic carbocycles. The molecule has 0 spiro atoms. The summed E-state index contributed by atoms with van der Waals surface area (Å²) in [4.78, 5) is 0. The number of rotatable bonds is 5. The highest BCUT2D eigenvalue weighted by Crippen LogP contribution is 2.29.